The van der Waals surface area contributed by atoms with Crippen molar-refractivity contribution in [1.82, 2.24) is 5.32 Å². The Morgan fingerprint density at radius 1 is 0.895 bits per heavy atom. The molecule has 0 saturated carbocycles. The number of fused-ring (bicyclic) bond motifs is 5. The Balaban J connectivity index is 1.83. The van der Waals surface area contributed by atoms with Crippen LogP contribution in [0.15, 0.2) is 48.5 Å². The lowest BCUT2D eigenvalue weighted by Crippen LogP contribution is -2.31. The molecule has 0 unspecified atom stereocenters. The summed E-state index contributed by atoms with van der Waals surface area (Å²) in [4.78, 5) is 0. The van der Waals surface area contributed by atoms with E-state index in [1.54, 1.807) is 0 Å². The second kappa shape index (κ2) is 4.48. The summed E-state index contributed by atoms with van der Waals surface area (Å²) in [7, 11) is 0. The van der Waals surface area contributed by atoms with Gasteiger partial charge in [0, 0.05) is 0 Å². The summed E-state index contributed by atoms with van der Waals surface area (Å²) in [6.07, 6.45) is 1.22. The lowest BCUT2D eigenvalue weighted by Gasteiger charge is -2.33. The SMILES string of the molecule is c1ccc2c(c1)CO[C@@H]1c3ccccc3CCN[C@H]21. The van der Waals surface area contributed by atoms with E-state index in [9.17, 15) is 0 Å². The van der Waals surface area contributed by atoms with E-state index in [1.807, 2.05) is 0 Å². The van der Waals surface area contributed by atoms with E-state index in [2.05, 4.69) is 53.8 Å². The van der Waals surface area contributed by atoms with Crippen LogP contribution < -0.4 is 5.32 Å². The number of rotatable bonds is 0. The molecular formula is C17H17NO. The van der Waals surface area contributed by atoms with Gasteiger partial charge in [-0.3, -0.25) is 0 Å². The molecule has 0 aromatic heterocycles. The normalized spacial score (nSPS) is 24.8. The molecule has 0 fully saturated rings. The number of nitrogens with one attached hydrogen (secondary N) is 1. The predicted octanol–water partition coefficient (Wildman–Crippen LogP) is 3.14. The second-order valence-electron chi connectivity index (χ2n) is 5.31. The highest BCUT2D eigenvalue weighted by Gasteiger charge is 2.33. The van der Waals surface area contributed by atoms with Gasteiger partial charge in [-0.2, -0.15) is 0 Å². The van der Waals surface area contributed by atoms with Gasteiger partial charge in [-0.25, -0.2) is 0 Å². The van der Waals surface area contributed by atoms with Crippen LogP contribution in [0.25, 0.3) is 0 Å². The van der Waals surface area contributed by atoms with Crippen LogP contribution in [0.4, 0.5) is 0 Å². The summed E-state index contributed by atoms with van der Waals surface area (Å²) in [5, 5.41) is 3.66. The van der Waals surface area contributed by atoms with E-state index in [1.165, 1.54) is 22.3 Å². The molecule has 19 heavy (non-hydrogen) atoms. The Bertz CT molecular complexity index is 608. The molecule has 2 heteroatoms. The average molecular weight is 251 g/mol. The highest BCUT2D eigenvalue weighted by atomic mass is 16.5. The molecule has 2 aromatic rings. The van der Waals surface area contributed by atoms with Gasteiger partial charge in [0.05, 0.1) is 12.6 Å². The zero-order valence-electron chi connectivity index (χ0n) is 10.8. The maximum Gasteiger partial charge on any atom is 0.103 e. The summed E-state index contributed by atoms with van der Waals surface area (Å²) in [6, 6.07) is 17.6. The van der Waals surface area contributed by atoms with Crippen LogP contribution in [0.2, 0.25) is 0 Å². The average Bonchev–Trinajstić information content (AvgIpc) is 2.66. The molecule has 1 N–H and O–H groups in total. The van der Waals surface area contributed by atoms with Gasteiger partial charge in [-0.1, -0.05) is 48.5 Å². The van der Waals surface area contributed by atoms with Gasteiger partial charge in [0.25, 0.3) is 0 Å². The van der Waals surface area contributed by atoms with E-state index in [4.69, 9.17) is 4.74 Å². The third kappa shape index (κ3) is 1.79. The highest BCUT2D eigenvalue weighted by Crippen LogP contribution is 2.41. The molecule has 2 aromatic carbocycles. The van der Waals surface area contributed by atoms with Gasteiger partial charge in [0.1, 0.15) is 6.10 Å². The van der Waals surface area contributed by atoms with Crippen LogP contribution in [-0.2, 0) is 17.8 Å². The number of hydrogen-bond acceptors (Lipinski definition) is 2. The molecule has 0 radical (unpaired) electrons. The van der Waals surface area contributed by atoms with Crippen molar-refractivity contribution in [3.8, 4) is 0 Å². The third-order valence-corrected chi connectivity index (χ3v) is 4.23. The van der Waals surface area contributed by atoms with E-state index >= 15 is 0 Å². The summed E-state index contributed by atoms with van der Waals surface area (Å²) in [5.74, 6) is 0. The second-order valence-corrected chi connectivity index (χ2v) is 5.31. The summed E-state index contributed by atoms with van der Waals surface area (Å²) in [6.45, 7) is 1.73. The maximum absolute atomic E-state index is 6.15. The molecule has 0 saturated heterocycles. The molecule has 2 nitrogen and oxygen atoms in total. The Kier molecular flexibility index (Phi) is 2.64. The topological polar surface area (TPSA) is 21.3 Å². The zero-order valence-corrected chi connectivity index (χ0v) is 10.8. The predicted molar refractivity (Wildman–Crippen MR) is 74.9 cm³/mol. The van der Waals surface area contributed by atoms with Gasteiger partial charge >= 0.3 is 0 Å². The van der Waals surface area contributed by atoms with Crippen LogP contribution >= 0.6 is 0 Å². The van der Waals surface area contributed by atoms with Crippen molar-refractivity contribution >= 4 is 0 Å². The molecule has 2 aliphatic heterocycles. The Morgan fingerprint density at radius 3 is 2.53 bits per heavy atom. The number of benzene rings is 2. The van der Waals surface area contributed by atoms with Gasteiger partial charge in [-0.15, -0.1) is 0 Å². The van der Waals surface area contributed by atoms with Crippen LogP contribution in [0, 0.1) is 0 Å². The first-order valence-electron chi connectivity index (χ1n) is 6.94. The van der Waals surface area contributed by atoms with Crippen molar-refractivity contribution in [1.29, 1.82) is 0 Å². The van der Waals surface area contributed by atoms with Crippen molar-refractivity contribution in [3.05, 3.63) is 70.8 Å². The fraction of sp³-hybridized carbons (Fsp3) is 0.294. The quantitative estimate of drug-likeness (QED) is 0.776. The third-order valence-electron chi connectivity index (χ3n) is 4.23. The molecule has 2 atom stereocenters. The first kappa shape index (κ1) is 11.2. The molecule has 2 aliphatic rings. The van der Waals surface area contributed by atoms with Crippen molar-refractivity contribution < 1.29 is 4.74 Å². The standard InChI is InChI=1S/C17H17NO/c1-4-8-15-12(5-1)9-10-18-16-14-7-3-2-6-13(14)11-19-17(15)16/h1-8,16-18H,9-11H2/t16-,17-/m1/s1. The van der Waals surface area contributed by atoms with Crippen LogP contribution in [-0.4, -0.2) is 6.54 Å². The fourth-order valence-corrected chi connectivity index (χ4v) is 3.30. The van der Waals surface area contributed by atoms with Gasteiger partial charge in [0.15, 0.2) is 0 Å². The van der Waals surface area contributed by atoms with Crippen molar-refractivity contribution in [2.45, 2.75) is 25.2 Å². The van der Waals surface area contributed by atoms with E-state index < -0.39 is 0 Å². The van der Waals surface area contributed by atoms with Crippen molar-refractivity contribution in [2.24, 2.45) is 0 Å². The minimum absolute atomic E-state index is 0.147. The Hall–Kier alpha value is -1.64. The monoisotopic (exact) mass is 251 g/mol. The highest BCUT2D eigenvalue weighted by molar-refractivity contribution is 5.39. The van der Waals surface area contributed by atoms with E-state index in [-0.39, 0.29) is 12.1 Å². The zero-order chi connectivity index (χ0) is 12.7. The molecule has 0 spiro atoms. The van der Waals surface area contributed by atoms with Crippen molar-refractivity contribution in [2.75, 3.05) is 6.54 Å². The van der Waals surface area contributed by atoms with Crippen LogP contribution in [0.5, 0.6) is 0 Å². The Morgan fingerprint density at radius 2 is 1.63 bits per heavy atom. The van der Waals surface area contributed by atoms with Gasteiger partial charge in [-0.05, 0) is 35.2 Å². The first-order chi connectivity index (χ1) is 9.43. The number of ether oxygens (including phenoxy) is 1. The molecular weight excluding hydrogens is 234 g/mol. The van der Waals surface area contributed by atoms with Crippen LogP contribution in [0.1, 0.15) is 34.4 Å². The van der Waals surface area contributed by atoms with E-state index in [0.29, 0.717) is 6.61 Å². The van der Waals surface area contributed by atoms with Gasteiger partial charge in [0.2, 0.25) is 0 Å². The molecule has 0 bridgehead atoms. The minimum atomic E-state index is 0.147. The molecule has 96 valence electrons. The molecule has 4 rings (SSSR count). The Labute approximate surface area is 113 Å². The lowest BCUT2D eigenvalue weighted by molar-refractivity contribution is -0.000624. The maximum atomic E-state index is 6.15. The first-order valence-corrected chi connectivity index (χ1v) is 6.94. The summed E-state index contributed by atoms with van der Waals surface area (Å²) < 4.78 is 6.15. The smallest absolute Gasteiger partial charge is 0.103 e. The van der Waals surface area contributed by atoms with Crippen LogP contribution in [0.3, 0.4) is 0 Å². The van der Waals surface area contributed by atoms with E-state index in [0.717, 1.165) is 13.0 Å². The fourth-order valence-electron chi connectivity index (χ4n) is 3.30. The summed E-state index contributed by atoms with van der Waals surface area (Å²) in [5.41, 5.74) is 5.49. The molecule has 2 heterocycles. The minimum Gasteiger partial charge on any atom is -0.367 e. The molecule has 0 amide bonds. The lowest BCUT2D eigenvalue weighted by atomic mass is 9.89. The largest absolute Gasteiger partial charge is 0.367 e. The number of hydrogen-bond donors (Lipinski definition) is 1. The molecule has 0 aliphatic carbocycles. The van der Waals surface area contributed by atoms with Gasteiger partial charge < -0.3 is 10.1 Å². The summed E-state index contributed by atoms with van der Waals surface area (Å²) >= 11 is 0. The van der Waals surface area contributed by atoms with Crippen molar-refractivity contribution in [3.63, 3.8) is 0 Å².